The summed E-state index contributed by atoms with van der Waals surface area (Å²) in [6, 6.07) is 38.8. The van der Waals surface area contributed by atoms with Gasteiger partial charge in [-0.3, -0.25) is 4.98 Å². The molecule has 4 aromatic heterocycles. The summed E-state index contributed by atoms with van der Waals surface area (Å²) >= 11 is 1.80. The minimum atomic E-state index is -0.181. The summed E-state index contributed by atoms with van der Waals surface area (Å²) < 4.78 is 7.52. The van der Waals surface area contributed by atoms with Gasteiger partial charge in [-0.05, 0) is 101 Å². The van der Waals surface area contributed by atoms with E-state index in [4.69, 9.17) is 19.4 Å². The molecule has 0 amide bonds. The molecule has 0 spiro atoms. The zero-order valence-corrected chi connectivity index (χ0v) is 30.8. The summed E-state index contributed by atoms with van der Waals surface area (Å²) in [6.07, 6.45) is 10.2. The van der Waals surface area contributed by atoms with Gasteiger partial charge in [-0.25, -0.2) is 9.97 Å². The van der Waals surface area contributed by atoms with Crippen molar-refractivity contribution in [2.24, 2.45) is 0 Å². The number of aryl methyl sites for hydroxylation is 1. The number of rotatable bonds is 5. The molecule has 0 unspecified atom stereocenters. The van der Waals surface area contributed by atoms with Crippen LogP contribution >= 0.6 is 11.3 Å². The second-order valence-electron chi connectivity index (χ2n) is 14.4. The summed E-state index contributed by atoms with van der Waals surface area (Å²) in [5.41, 5.74) is 15.4. The van der Waals surface area contributed by atoms with E-state index < -0.39 is 0 Å². The number of hydrogen-bond donors (Lipinski definition) is 0. The lowest BCUT2D eigenvalue weighted by atomic mass is 9.81. The smallest absolute Gasteiger partial charge is 0.160 e. The van der Waals surface area contributed by atoms with Gasteiger partial charge < -0.3 is 4.42 Å². The lowest BCUT2D eigenvalue weighted by molar-refractivity contribution is 0.661. The molecule has 0 saturated heterocycles. The molecule has 0 saturated carbocycles. The first-order valence-electron chi connectivity index (χ1n) is 18.0. The zero-order valence-electron chi connectivity index (χ0n) is 29.9. The van der Waals surface area contributed by atoms with Crippen LogP contribution in [0, 0.1) is 6.92 Å². The molecule has 4 nitrogen and oxygen atoms in total. The van der Waals surface area contributed by atoms with Gasteiger partial charge in [-0.1, -0.05) is 92.7 Å². The average molecular weight is 702 g/mol. The molecule has 4 heterocycles. The number of aromatic nitrogens is 3. The molecule has 254 valence electrons. The van der Waals surface area contributed by atoms with Crippen LogP contribution in [0.5, 0.6) is 0 Å². The van der Waals surface area contributed by atoms with E-state index in [1.165, 1.54) is 42.8 Å². The minimum absolute atomic E-state index is 0.181. The third-order valence-electron chi connectivity index (χ3n) is 11.0. The van der Waals surface area contributed by atoms with Crippen molar-refractivity contribution >= 4 is 49.4 Å². The summed E-state index contributed by atoms with van der Waals surface area (Å²) in [4.78, 5) is 16.0. The molecule has 0 aliphatic heterocycles. The van der Waals surface area contributed by atoms with E-state index >= 15 is 0 Å². The summed E-state index contributed by atoms with van der Waals surface area (Å²) in [5.74, 6) is 0.753. The lowest BCUT2D eigenvalue weighted by Gasteiger charge is -2.22. The fourth-order valence-electron chi connectivity index (χ4n) is 8.13. The molecule has 53 heavy (non-hydrogen) atoms. The quantitative estimate of drug-likeness (QED) is 0.179. The Bertz CT molecular complexity index is 2930. The van der Waals surface area contributed by atoms with Crippen LogP contribution < -0.4 is 0 Å². The Hall–Kier alpha value is -6.17. The monoisotopic (exact) mass is 701 g/mol. The molecule has 0 N–H and O–H groups in total. The van der Waals surface area contributed by atoms with E-state index in [2.05, 4.69) is 137 Å². The van der Waals surface area contributed by atoms with Crippen molar-refractivity contribution in [3.05, 3.63) is 155 Å². The predicted molar refractivity (Wildman–Crippen MR) is 221 cm³/mol. The number of fused-ring (bicyclic) bond motifs is 7. The molecule has 1 aliphatic carbocycles. The van der Waals surface area contributed by atoms with Crippen LogP contribution in [0.1, 0.15) is 42.3 Å². The van der Waals surface area contributed by atoms with Gasteiger partial charge >= 0.3 is 0 Å². The van der Waals surface area contributed by atoms with Crippen molar-refractivity contribution < 1.29 is 4.42 Å². The van der Waals surface area contributed by atoms with E-state index in [0.717, 1.165) is 66.8 Å². The first-order valence-corrected chi connectivity index (χ1v) is 18.8. The van der Waals surface area contributed by atoms with E-state index in [1.54, 1.807) is 11.3 Å². The normalized spacial score (nSPS) is 13.4. The Balaban J connectivity index is 0.946. The van der Waals surface area contributed by atoms with Crippen molar-refractivity contribution in [1.29, 1.82) is 0 Å². The highest BCUT2D eigenvalue weighted by atomic mass is 32.1. The Labute approximate surface area is 312 Å². The summed E-state index contributed by atoms with van der Waals surface area (Å²) in [6.45, 7) is 8.90. The Morgan fingerprint density at radius 3 is 1.96 bits per heavy atom. The van der Waals surface area contributed by atoms with Crippen molar-refractivity contribution in [2.75, 3.05) is 0 Å². The van der Waals surface area contributed by atoms with Crippen molar-refractivity contribution in [1.82, 2.24) is 15.0 Å². The number of pyridine rings is 1. The highest BCUT2D eigenvalue weighted by Gasteiger charge is 2.36. The molecule has 5 aromatic carbocycles. The third kappa shape index (κ3) is 4.92. The van der Waals surface area contributed by atoms with Gasteiger partial charge in [-0.15, -0.1) is 11.3 Å². The molecule has 0 atom stereocenters. The molecule has 10 rings (SSSR count). The molecular formula is C48H35N3OS. The van der Waals surface area contributed by atoms with Gasteiger partial charge in [0.05, 0.1) is 5.69 Å². The molecule has 0 fully saturated rings. The number of hydrogen-bond acceptors (Lipinski definition) is 5. The van der Waals surface area contributed by atoms with Gasteiger partial charge in [-0.2, -0.15) is 0 Å². The number of nitrogens with zero attached hydrogens (tertiary/aromatic N) is 3. The topological polar surface area (TPSA) is 51.8 Å². The van der Waals surface area contributed by atoms with Gasteiger partial charge in [0.2, 0.25) is 0 Å². The Morgan fingerprint density at radius 2 is 1.25 bits per heavy atom. The van der Waals surface area contributed by atoms with Gasteiger partial charge in [0.25, 0.3) is 0 Å². The van der Waals surface area contributed by atoms with Crippen LogP contribution in [-0.2, 0) is 5.41 Å². The second kappa shape index (κ2) is 11.9. The minimum Gasteiger partial charge on any atom is -0.455 e. The lowest BCUT2D eigenvalue weighted by Crippen LogP contribution is -2.15. The standard InChI is InChI=1S/C48H35N3OS/c1-5-10-44-28(2)33-12-8-15-39(46(33)53-44)47-50-26-32(27-51-47)30-18-21-35-34-20-17-29(23-40(34)48(3,4)41(35)24-30)31-19-22-42(49-25-31)38-14-9-13-37-36-11-6-7-16-43(36)52-45(37)38/h5-27H,1-4H3/b10-5-. The highest BCUT2D eigenvalue weighted by molar-refractivity contribution is 7.20. The van der Waals surface area contributed by atoms with E-state index in [0.29, 0.717) is 0 Å². The highest BCUT2D eigenvalue weighted by Crippen LogP contribution is 2.51. The van der Waals surface area contributed by atoms with Crippen LogP contribution in [0.2, 0.25) is 0 Å². The first-order chi connectivity index (χ1) is 25.9. The Morgan fingerprint density at radius 1 is 0.604 bits per heavy atom. The summed E-state index contributed by atoms with van der Waals surface area (Å²) in [5, 5.41) is 3.50. The van der Waals surface area contributed by atoms with E-state index in [1.807, 2.05) is 30.7 Å². The molecule has 5 heteroatoms. The third-order valence-corrected chi connectivity index (χ3v) is 12.3. The fraction of sp³-hybridized carbons (Fsp3) is 0.104. The van der Waals surface area contributed by atoms with E-state index in [9.17, 15) is 0 Å². The van der Waals surface area contributed by atoms with Crippen LogP contribution in [0.4, 0.5) is 0 Å². The maximum Gasteiger partial charge on any atom is 0.160 e. The number of furan rings is 1. The van der Waals surface area contributed by atoms with Crippen molar-refractivity contribution in [3.8, 4) is 56.0 Å². The first kappa shape index (κ1) is 31.6. The number of para-hydroxylation sites is 2. The summed E-state index contributed by atoms with van der Waals surface area (Å²) in [7, 11) is 0. The van der Waals surface area contributed by atoms with Gasteiger partial charge in [0.15, 0.2) is 5.82 Å². The largest absolute Gasteiger partial charge is 0.455 e. The number of thiophene rings is 1. The van der Waals surface area contributed by atoms with Crippen LogP contribution in [0.25, 0.3) is 94.1 Å². The maximum atomic E-state index is 6.29. The van der Waals surface area contributed by atoms with Crippen LogP contribution in [0.15, 0.2) is 138 Å². The molecule has 0 radical (unpaired) electrons. The molecular weight excluding hydrogens is 667 g/mol. The molecule has 1 aliphatic rings. The maximum absolute atomic E-state index is 6.29. The predicted octanol–water partition coefficient (Wildman–Crippen LogP) is 13.3. The van der Waals surface area contributed by atoms with Crippen molar-refractivity contribution in [3.63, 3.8) is 0 Å². The molecule has 0 bridgehead atoms. The van der Waals surface area contributed by atoms with Crippen LogP contribution in [0.3, 0.4) is 0 Å². The Kier molecular flexibility index (Phi) is 7.11. The van der Waals surface area contributed by atoms with E-state index in [-0.39, 0.29) is 5.41 Å². The SMILES string of the molecule is C/C=C\c1sc2c(-c3ncc(-c4ccc5c(c4)C(C)(C)c4cc(-c6ccc(-c7cccc8c7oc7ccccc78)nc6)ccc4-5)cn3)cccc2c1C. The van der Waals surface area contributed by atoms with Crippen LogP contribution in [-0.4, -0.2) is 15.0 Å². The van der Waals surface area contributed by atoms with Crippen molar-refractivity contribution in [2.45, 2.75) is 33.1 Å². The second-order valence-corrected chi connectivity index (χ2v) is 15.5. The number of benzene rings is 5. The average Bonchev–Trinajstić information content (AvgIpc) is 3.81. The number of allylic oxidation sites excluding steroid dienone is 1. The van der Waals surface area contributed by atoms with Gasteiger partial charge in [0.1, 0.15) is 11.2 Å². The molecule has 9 aromatic rings. The zero-order chi connectivity index (χ0) is 35.8. The fourth-order valence-corrected chi connectivity index (χ4v) is 9.42. The van der Waals surface area contributed by atoms with Gasteiger partial charge in [0, 0.05) is 66.6 Å².